The maximum atomic E-state index is 12.7. The number of nitrogens with two attached hydrogens (primary N) is 3. The van der Waals surface area contributed by atoms with Gasteiger partial charge >= 0.3 is 0 Å². The average Bonchev–Trinajstić information content (AvgIpc) is 2.71. The van der Waals surface area contributed by atoms with E-state index >= 15 is 0 Å². The number of para-hydroxylation sites is 1. The summed E-state index contributed by atoms with van der Waals surface area (Å²) in [4.78, 5) is 16.7. The summed E-state index contributed by atoms with van der Waals surface area (Å²) in [6, 6.07) is 14.5. The summed E-state index contributed by atoms with van der Waals surface area (Å²) in [5, 5.41) is 0.669. The third-order valence-electron chi connectivity index (χ3n) is 5.01. The largest absolute Gasteiger partial charge is 0.403 e. The number of hydrogen-bond donors (Lipinski definition) is 3. The summed E-state index contributed by atoms with van der Waals surface area (Å²) in [7, 11) is 0. The van der Waals surface area contributed by atoms with Gasteiger partial charge in [-0.1, -0.05) is 41.9 Å². The highest BCUT2D eigenvalue weighted by Crippen LogP contribution is 2.25. The Kier molecular flexibility index (Phi) is 6.44. The van der Waals surface area contributed by atoms with Gasteiger partial charge in [0.05, 0.1) is 11.7 Å². The first-order valence-electron chi connectivity index (χ1n) is 9.30. The molecule has 28 heavy (non-hydrogen) atoms. The lowest BCUT2D eigenvalue weighted by molar-refractivity contribution is -0.133. The van der Waals surface area contributed by atoms with Gasteiger partial charge in [-0.3, -0.25) is 4.79 Å². The second kappa shape index (κ2) is 8.99. The Morgan fingerprint density at radius 2 is 1.64 bits per heavy atom. The molecule has 7 heteroatoms. The second-order valence-corrected chi connectivity index (χ2v) is 7.33. The van der Waals surface area contributed by atoms with Gasteiger partial charge < -0.3 is 27.0 Å². The van der Waals surface area contributed by atoms with Crippen molar-refractivity contribution in [2.24, 2.45) is 11.5 Å². The Morgan fingerprint density at radius 1 is 1.04 bits per heavy atom. The van der Waals surface area contributed by atoms with Crippen LogP contribution < -0.4 is 17.2 Å². The summed E-state index contributed by atoms with van der Waals surface area (Å²) in [5.74, 6) is -0.0351. The molecule has 0 aliphatic carbocycles. The number of carbonyl (C=O) groups is 1. The van der Waals surface area contributed by atoms with E-state index < -0.39 is 6.04 Å². The van der Waals surface area contributed by atoms with Crippen molar-refractivity contribution in [3.8, 4) is 0 Å². The molecule has 0 aromatic heterocycles. The van der Waals surface area contributed by atoms with E-state index in [4.69, 9.17) is 28.8 Å². The molecule has 1 aliphatic rings. The SMILES string of the molecule is N/C=C(\c1ccccc1N)N1CCN(C(=O)C(N)Cc2ccc(Cl)cc2)CC1. The van der Waals surface area contributed by atoms with E-state index in [2.05, 4.69) is 4.90 Å². The molecule has 0 spiro atoms. The Labute approximate surface area is 170 Å². The number of rotatable bonds is 5. The van der Waals surface area contributed by atoms with Crippen LogP contribution in [0.1, 0.15) is 11.1 Å². The van der Waals surface area contributed by atoms with Crippen LogP contribution >= 0.6 is 11.6 Å². The van der Waals surface area contributed by atoms with E-state index in [-0.39, 0.29) is 5.91 Å². The van der Waals surface area contributed by atoms with Crippen molar-refractivity contribution in [1.29, 1.82) is 0 Å². The summed E-state index contributed by atoms with van der Waals surface area (Å²) in [5.41, 5.74) is 21.6. The molecule has 2 aromatic carbocycles. The van der Waals surface area contributed by atoms with Crippen molar-refractivity contribution in [2.75, 3.05) is 31.9 Å². The van der Waals surface area contributed by atoms with E-state index in [0.29, 0.717) is 43.3 Å². The highest BCUT2D eigenvalue weighted by atomic mass is 35.5. The topological polar surface area (TPSA) is 102 Å². The van der Waals surface area contributed by atoms with E-state index in [1.54, 1.807) is 6.20 Å². The number of carbonyl (C=O) groups excluding carboxylic acids is 1. The van der Waals surface area contributed by atoms with Crippen LogP contribution in [-0.4, -0.2) is 47.9 Å². The number of benzene rings is 2. The minimum absolute atomic E-state index is 0.0351. The predicted molar refractivity (Wildman–Crippen MR) is 114 cm³/mol. The van der Waals surface area contributed by atoms with Crippen LogP contribution in [0.2, 0.25) is 5.02 Å². The van der Waals surface area contributed by atoms with E-state index in [0.717, 1.165) is 16.8 Å². The highest BCUT2D eigenvalue weighted by molar-refractivity contribution is 6.30. The third-order valence-corrected chi connectivity index (χ3v) is 5.26. The number of halogens is 1. The fraction of sp³-hybridized carbons (Fsp3) is 0.286. The lowest BCUT2D eigenvalue weighted by atomic mass is 10.0. The van der Waals surface area contributed by atoms with Crippen molar-refractivity contribution in [2.45, 2.75) is 12.5 Å². The zero-order valence-electron chi connectivity index (χ0n) is 15.7. The van der Waals surface area contributed by atoms with Crippen molar-refractivity contribution in [1.82, 2.24) is 9.80 Å². The van der Waals surface area contributed by atoms with Crippen LogP contribution in [-0.2, 0) is 11.2 Å². The van der Waals surface area contributed by atoms with Crippen LogP contribution in [0.5, 0.6) is 0 Å². The smallest absolute Gasteiger partial charge is 0.239 e. The molecule has 148 valence electrons. The number of anilines is 1. The quantitative estimate of drug-likeness (QED) is 0.666. The number of amides is 1. The summed E-state index contributed by atoms with van der Waals surface area (Å²) >= 11 is 5.91. The van der Waals surface area contributed by atoms with E-state index in [9.17, 15) is 4.79 Å². The Morgan fingerprint density at radius 3 is 2.25 bits per heavy atom. The molecule has 1 fully saturated rings. The van der Waals surface area contributed by atoms with Crippen LogP contribution in [0, 0.1) is 0 Å². The Balaban J connectivity index is 1.59. The minimum atomic E-state index is -0.568. The van der Waals surface area contributed by atoms with Gasteiger partial charge in [-0.05, 0) is 30.2 Å². The molecule has 1 saturated heterocycles. The molecule has 0 saturated carbocycles. The van der Waals surface area contributed by atoms with E-state index in [1.807, 2.05) is 53.4 Å². The zero-order chi connectivity index (χ0) is 20.1. The van der Waals surface area contributed by atoms with Crippen LogP contribution in [0.4, 0.5) is 5.69 Å². The molecular weight excluding hydrogens is 374 g/mol. The Hall–Kier alpha value is -2.70. The normalized spacial score (nSPS) is 16.1. The molecule has 6 nitrogen and oxygen atoms in total. The molecule has 1 atom stereocenters. The zero-order valence-corrected chi connectivity index (χ0v) is 16.5. The monoisotopic (exact) mass is 399 g/mol. The summed E-state index contributed by atoms with van der Waals surface area (Å²) in [6.07, 6.45) is 2.07. The first-order chi connectivity index (χ1) is 13.5. The molecule has 1 heterocycles. The maximum Gasteiger partial charge on any atom is 0.239 e. The average molecular weight is 400 g/mol. The number of nitrogen functional groups attached to an aromatic ring is 1. The molecule has 3 rings (SSSR count). The van der Waals surface area contributed by atoms with Crippen molar-refractivity contribution >= 4 is 28.9 Å². The summed E-state index contributed by atoms with van der Waals surface area (Å²) in [6.45, 7) is 2.54. The van der Waals surface area contributed by atoms with Crippen molar-refractivity contribution in [3.63, 3.8) is 0 Å². The van der Waals surface area contributed by atoms with Gasteiger partial charge in [0.15, 0.2) is 0 Å². The molecular formula is C21H26ClN5O. The fourth-order valence-electron chi connectivity index (χ4n) is 3.46. The third kappa shape index (κ3) is 4.58. The van der Waals surface area contributed by atoms with Gasteiger partial charge in [0.25, 0.3) is 0 Å². The number of hydrogen-bond acceptors (Lipinski definition) is 5. The molecule has 0 bridgehead atoms. The fourth-order valence-corrected chi connectivity index (χ4v) is 3.59. The lowest BCUT2D eigenvalue weighted by Crippen LogP contribution is -2.53. The molecule has 2 aromatic rings. The van der Waals surface area contributed by atoms with Crippen molar-refractivity contribution < 1.29 is 4.79 Å². The molecule has 0 radical (unpaired) electrons. The standard InChI is InChI=1S/C21H26ClN5O/c22-16-7-5-15(6-8-16)13-19(25)21(28)27-11-9-26(10-12-27)20(14-23)17-3-1-2-4-18(17)24/h1-8,14,19H,9-13,23-25H2/b20-14+. The van der Waals surface area contributed by atoms with Crippen LogP contribution in [0.3, 0.4) is 0 Å². The van der Waals surface area contributed by atoms with Gasteiger partial charge in [0.1, 0.15) is 0 Å². The van der Waals surface area contributed by atoms with Crippen LogP contribution in [0.15, 0.2) is 54.7 Å². The minimum Gasteiger partial charge on any atom is -0.403 e. The van der Waals surface area contributed by atoms with Gasteiger partial charge in [-0.2, -0.15) is 0 Å². The molecule has 1 amide bonds. The predicted octanol–water partition coefficient (Wildman–Crippen LogP) is 1.89. The first kappa shape index (κ1) is 20.0. The van der Waals surface area contributed by atoms with Gasteiger partial charge in [-0.15, -0.1) is 0 Å². The number of piperazine rings is 1. The van der Waals surface area contributed by atoms with Gasteiger partial charge in [-0.25, -0.2) is 0 Å². The van der Waals surface area contributed by atoms with Crippen LogP contribution in [0.25, 0.3) is 5.70 Å². The summed E-state index contributed by atoms with van der Waals surface area (Å²) < 4.78 is 0. The van der Waals surface area contributed by atoms with Gasteiger partial charge in [0.2, 0.25) is 5.91 Å². The molecule has 1 unspecified atom stereocenters. The van der Waals surface area contributed by atoms with Gasteiger partial charge in [0, 0.05) is 48.7 Å². The first-order valence-corrected chi connectivity index (χ1v) is 9.68. The molecule has 1 aliphatic heterocycles. The van der Waals surface area contributed by atoms with Crippen molar-refractivity contribution in [3.05, 3.63) is 70.9 Å². The lowest BCUT2D eigenvalue weighted by Gasteiger charge is -2.38. The molecule has 6 N–H and O–H groups in total. The van der Waals surface area contributed by atoms with E-state index in [1.165, 1.54) is 0 Å². The number of nitrogens with zero attached hydrogens (tertiary/aromatic N) is 2. The highest BCUT2D eigenvalue weighted by Gasteiger charge is 2.26. The maximum absolute atomic E-state index is 12.7. The Bertz CT molecular complexity index is 844. The second-order valence-electron chi connectivity index (χ2n) is 6.89.